The van der Waals surface area contributed by atoms with Crippen molar-refractivity contribution in [2.24, 2.45) is 0 Å². The Morgan fingerprint density at radius 1 is 1.41 bits per heavy atom. The van der Waals surface area contributed by atoms with Crippen molar-refractivity contribution in [1.82, 2.24) is 5.32 Å². The van der Waals surface area contributed by atoms with Crippen molar-refractivity contribution in [3.8, 4) is 5.75 Å². The van der Waals surface area contributed by atoms with E-state index >= 15 is 0 Å². The smallest absolute Gasteiger partial charge is 0.258 e. The molecule has 0 aliphatic carbocycles. The Balaban J connectivity index is 2.47. The first-order valence-electron chi connectivity index (χ1n) is 5.00. The summed E-state index contributed by atoms with van der Waals surface area (Å²) in [6.07, 6.45) is 0. The van der Waals surface area contributed by atoms with E-state index in [0.717, 1.165) is 0 Å². The van der Waals surface area contributed by atoms with Crippen molar-refractivity contribution in [3.63, 3.8) is 0 Å². The summed E-state index contributed by atoms with van der Waals surface area (Å²) in [7, 11) is 0. The lowest BCUT2D eigenvalue weighted by molar-refractivity contribution is -0.123. The zero-order valence-corrected chi connectivity index (χ0v) is 10.8. The first-order chi connectivity index (χ1) is 8.01. The number of carbonyl (C=O) groups excluding carboxylic acids is 1. The van der Waals surface area contributed by atoms with Crippen LogP contribution in [0.2, 0.25) is 10.0 Å². The number of amides is 1. The van der Waals surface area contributed by atoms with Crippen LogP contribution in [0.1, 0.15) is 6.92 Å². The first kappa shape index (κ1) is 14.1. The number of hydrogen-bond donors (Lipinski definition) is 2. The number of benzene rings is 1. The molecular formula is C11H13Cl2NO3. The Labute approximate surface area is 109 Å². The van der Waals surface area contributed by atoms with E-state index in [9.17, 15) is 4.79 Å². The van der Waals surface area contributed by atoms with E-state index in [1.54, 1.807) is 25.1 Å². The van der Waals surface area contributed by atoms with Gasteiger partial charge in [0.1, 0.15) is 5.75 Å². The number of rotatable bonds is 5. The molecule has 2 N–H and O–H groups in total. The lowest BCUT2D eigenvalue weighted by Crippen LogP contribution is -2.38. The lowest BCUT2D eigenvalue weighted by Gasteiger charge is -2.11. The Kier molecular flexibility index (Phi) is 5.55. The van der Waals surface area contributed by atoms with Crippen molar-refractivity contribution in [2.45, 2.75) is 13.0 Å². The van der Waals surface area contributed by atoms with Gasteiger partial charge in [-0.15, -0.1) is 0 Å². The fraction of sp³-hybridized carbons (Fsp3) is 0.364. The normalized spacial score (nSPS) is 12.0. The molecule has 1 atom stereocenters. The first-order valence-corrected chi connectivity index (χ1v) is 5.76. The summed E-state index contributed by atoms with van der Waals surface area (Å²) in [6.45, 7) is 1.42. The maximum absolute atomic E-state index is 11.3. The fourth-order valence-electron chi connectivity index (χ4n) is 1.12. The average molecular weight is 278 g/mol. The largest absolute Gasteiger partial charge is 0.484 e. The molecule has 0 radical (unpaired) electrons. The van der Waals surface area contributed by atoms with Crippen LogP contribution in [-0.2, 0) is 4.79 Å². The minimum absolute atomic E-state index is 0.116. The van der Waals surface area contributed by atoms with Crippen LogP contribution in [0.25, 0.3) is 0 Å². The van der Waals surface area contributed by atoms with Crippen molar-refractivity contribution in [1.29, 1.82) is 0 Å². The third-order valence-corrected chi connectivity index (χ3v) is 2.32. The van der Waals surface area contributed by atoms with Crippen LogP contribution in [0.3, 0.4) is 0 Å². The summed E-state index contributed by atoms with van der Waals surface area (Å²) in [6, 6.07) is 4.41. The molecule has 0 aliphatic rings. The molecule has 0 spiro atoms. The molecular weight excluding hydrogens is 265 g/mol. The fourth-order valence-corrected chi connectivity index (χ4v) is 1.63. The standard InChI is InChI=1S/C11H13Cl2NO3/c1-7(5-15)14-11(16)6-17-10-3-8(12)2-9(13)4-10/h2-4,7,15H,5-6H2,1H3,(H,14,16). The summed E-state index contributed by atoms with van der Waals surface area (Å²) < 4.78 is 5.21. The van der Waals surface area contributed by atoms with Crippen LogP contribution in [0.5, 0.6) is 5.75 Å². The van der Waals surface area contributed by atoms with Crippen LogP contribution in [0.4, 0.5) is 0 Å². The zero-order valence-electron chi connectivity index (χ0n) is 9.24. The van der Waals surface area contributed by atoms with Crippen LogP contribution in [0, 0.1) is 0 Å². The van der Waals surface area contributed by atoms with E-state index in [0.29, 0.717) is 15.8 Å². The third kappa shape index (κ3) is 5.26. The number of aliphatic hydroxyl groups excluding tert-OH is 1. The van der Waals surface area contributed by atoms with Gasteiger partial charge in [0.15, 0.2) is 6.61 Å². The zero-order chi connectivity index (χ0) is 12.8. The number of nitrogens with one attached hydrogen (secondary N) is 1. The Morgan fingerprint density at radius 3 is 2.53 bits per heavy atom. The van der Waals surface area contributed by atoms with Gasteiger partial charge >= 0.3 is 0 Å². The van der Waals surface area contributed by atoms with Gasteiger partial charge in [-0.2, -0.15) is 0 Å². The number of halogens is 2. The predicted octanol–water partition coefficient (Wildman–Crippen LogP) is 1.87. The molecule has 1 aromatic carbocycles. The second-order valence-corrected chi connectivity index (χ2v) is 4.42. The van der Waals surface area contributed by atoms with E-state index < -0.39 is 0 Å². The van der Waals surface area contributed by atoms with Gasteiger partial charge in [-0.05, 0) is 25.1 Å². The maximum Gasteiger partial charge on any atom is 0.258 e. The van der Waals surface area contributed by atoms with Crippen LogP contribution in [0.15, 0.2) is 18.2 Å². The lowest BCUT2D eigenvalue weighted by atomic mass is 10.3. The summed E-state index contributed by atoms with van der Waals surface area (Å²) in [5.74, 6) is 0.108. The van der Waals surface area contributed by atoms with Crippen molar-refractivity contribution in [2.75, 3.05) is 13.2 Å². The number of ether oxygens (including phenoxy) is 1. The highest BCUT2D eigenvalue weighted by Gasteiger charge is 2.07. The van der Waals surface area contributed by atoms with E-state index in [1.807, 2.05) is 0 Å². The minimum atomic E-state index is -0.317. The summed E-state index contributed by atoms with van der Waals surface area (Å²) in [5, 5.41) is 12.2. The molecule has 1 rings (SSSR count). The SMILES string of the molecule is CC(CO)NC(=O)COc1cc(Cl)cc(Cl)c1. The molecule has 0 aromatic heterocycles. The minimum Gasteiger partial charge on any atom is -0.484 e. The van der Waals surface area contributed by atoms with Gasteiger partial charge in [0, 0.05) is 16.1 Å². The molecule has 0 saturated carbocycles. The van der Waals surface area contributed by atoms with Crippen LogP contribution < -0.4 is 10.1 Å². The molecule has 0 saturated heterocycles. The maximum atomic E-state index is 11.3. The van der Waals surface area contributed by atoms with Gasteiger partial charge < -0.3 is 15.2 Å². The van der Waals surface area contributed by atoms with E-state index in [4.69, 9.17) is 33.0 Å². The second-order valence-electron chi connectivity index (χ2n) is 3.54. The van der Waals surface area contributed by atoms with Crippen molar-refractivity contribution < 1.29 is 14.6 Å². The molecule has 0 heterocycles. The molecule has 0 fully saturated rings. The van der Waals surface area contributed by atoms with Crippen LogP contribution in [-0.4, -0.2) is 30.3 Å². The van der Waals surface area contributed by atoms with Gasteiger partial charge in [0.2, 0.25) is 0 Å². The Hall–Kier alpha value is -0.970. The highest BCUT2D eigenvalue weighted by atomic mass is 35.5. The Bertz CT molecular complexity index is 378. The van der Waals surface area contributed by atoms with E-state index in [-0.39, 0.29) is 25.2 Å². The monoisotopic (exact) mass is 277 g/mol. The molecule has 0 bridgehead atoms. The van der Waals surface area contributed by atoms with Gasteiger partial charge in [-0.3, -0.25) is 4.79 Å². The molecule has 4 nitrogen and oxygen atoms in total. The number of hydrogen-bond acceptors (Lipinski definition) is 3. The van der Waals surface area contributed by atoms with Gasteiger partial charge in [-0.25, -0.2) is 0 Å². The van der Waals surface area contributed by atoms with Gasteiger partial charge in [0.25, 0.3) is 5.91 Å². The second kappa shape index (κ2) is 6.69. The third-order valence-electron chi connectivity index (χ3n) is 1.89. The summed E-state index contributed by atoms with van der Waals surface area (Å²) in [4.78, 5) is 11.3. The van der Waals surface area contributed by atoms with E-state index in [1.165, 1.54) is 0 Å². The average Bonchev–Trinajstić information content (AvgIpc) is 2.25. The van der Waals surface area contributed by atoms with Crippen molar-refractivity contribution in [3.05, 3.63) is 28.2 Å². The number of aliphatic hydroxyl groups is 1. The summed E-state index contributed by atoms with van der Waals surface area (Å²) in [5.41, 5.74) is 0. The molecule has 94 valence electrons. The topological polar surface area (TPSA) is 58.6 Å². The quantitative estimate of drug-likeness (QED) is 0.864. The Morgan fingerprint density at radius 2 is 2.00 bits per heavy atom. The molecule has 1 unspecified atom stereocenters. The highest BCUT2D eigenvalue weighted by molar-refractivity contribution is 6.34. The molecule has 0 aliphatic heterocycles. The molecule has 17 heavy (non-hydrogen) atoms. The molecule has 1 amide bonds. The number of carbonyl (C=O) groups is 1. The van der Waals surface area contributed by atoms with Gasteiger partial charge in [-0.1, -0.05) is 23.2 Å². The molecule has 6 heteroatoms. The van der Waals surface area contributed by atoms with Crippen molar-refractivity contribution >= 4 is 29.1 Å². The molecule has 1 aromatic rings. The van der Waals surface area contributed by atoms with Gasteiger partial charge in [0.05, 0.1) is 6.61 Å². The highest BCUT2D eigenvalue weighted by Crippen LogP contribution is 2.23. The van der Waals surface area contributed by atoms with E-state index in [2.05, 4.69) is 5.32 Å². The summed E-state index contributed by atoms with van der Waals surface area (Å²) >= 11 is 11.5. The predicted molar refractivity (Wildman–Crippen MR) is 66.6 cm³/mol. The van der Waals surface area contributed by atoms with Crippen LogP contribution >= 0.6 is 23.2 Å².